The molecule has 0 aromatic carbocycles. The van der Waals surface area contributed by atoms with Crippen LogP contribution in [0.3, 0.4) is 0 Å². The second kappa shape index (κ2) is 5.53. The molecule has 18 heavy (non-hydrogen) atoms. The fourth-order valence-electron chi connectivity index (χ4n) is 4.00. The first-order chi connectivity index (χ1) is 8.50. The summed E-state index contributed by atoms with van der Waals surface area (Å²) in [6.07, 6.45) is 3.97. The first kappa shape index (κ1) is 13.7. The summed E-state index contributed by atoms with van der Waals surface area (Å²) in [6, 6.07) is -0.793. The van der Waals surface area contributed by atoms with Gasteiger partial charge >= 0.3 is 0 Å². The Balaban J connectivity index is 2.10. The molecule has 5 heteroatoms. The third kappa shape index (κ3) is 2.67. The van der Waals surface area contributed by atoms with Crippen molar-refractivity contribution in [1.82, 2.24) is 4.90 Å². The maximum atomic E-state index is 11.1. The van der Waals surface area contributed by atoms with Gasteiger partial charge in [-0.15, -0.1) is 0 Å². The molecule has 1 saturated heterocycles. The van der Waals surface area contributed by atoms with Gasteiger partial charge in [0.2, 0.25) is 6.04 Å². The van der Waals surface area contributed by atoms with Crippen LogP contribution in [0.2, 0.25) is 0 Å². The normalized spacial score (nSPS) is 42.7. The molecule has 1 aliphatic heterocycles. The van der Waals surface area contributed by atoms with Gasteiger partial charge < -0.3 is 10.6 Å². The van der Waals surface area contributed by atoms with E-state index in [1.165, 1.54) is 12.8 Å². The van der Waals surface area contributed by atoms with E-state index in [1.807, 2.05) is 0 Å². The summed E-state index contributed by atoms with van der Waals surface area (Å²) in [6.45, 7) is 4.41. The van der Waals surface area contributed by atoms with E-state index < -0.39 is 6.04 Å². The molecule has 0 bridgehead atoms. The van der Waals surface area contributed by atoms with Crippen molar-refractivity contribution in [2.75, 3.05) is 20.1 Å². The molecule has 2 fully saturated rings. The average Bonchev–Trinajstić information content (AvgIpc) is 2.28. The van der Waals surface area contributed by atoms with Crippen molar-refractivity contribution < 1.29 is 4.92 Å². The van der Waals surface area contributed by atoms with E-state index in [0.29, 0.717) is 24.2 Å². The predicted molar refractivity (Wildman–Crippen MR) is 70.9 cm³/mol. The van der Waals surface area contributed by atoms with Gasteiger partial charge in [0, 0.05) is 17.9 Å². The minimum absolute atomic E-state index is 0.157. The van der Waals surface area contributed by atoms with Crippen molar-refractivity contribution in [3.63, 3.8) is 0 Å². The van der Waals surface area contributed by atoms with Crippen molar-refractivity contribution in [2.24, 2.45) is 23.5 Å². The Labute approximate surface area is 109 Å². The summed E-state index contributed by atoms with van der Waals surface area (Å²) in [4.78, 5) is 13.3. The lowest BCUT2D eigenvalue weighted by Gasteiger charge is -2.43. The predicted octanol–water partition coefficient (Wildman–Crippen LogP) is 1.35. The van der Waals surface area contributed by atoms with Crippen LogP contribution < -0.4 is 5.73 Å². The number of likely N-dealkylation sites (tertiary alicyclic amines) is 1. The molecule has 0 aromatic heterocycles. The Hall–Kier alpha value is -0.680. The molecule has 1 aliphatic carbocycles. The highest BCUT2D eigenvalue weighted by Gasteiger charge is 2.45. The van der Waals surface area contributed by atoms with Crippen LogP contribution in [0.5, 0.6) is 0 Å². The molecular weight excluding hydrogens is 230 g/mol. The smallest absolute Gasteiger partial charge is 0.228 e. The summed E-state index contributed by atoms with van der Waals surface area (Å²) in [5.74, 6) is 1.38. The van der Waals surface area contributed by atoms with Crippen LogP contribution in [0.15, 0.2) is 0 Å². The van der Waals surface area contributed by atoms with Crippen LogP contribution in [-0.4, -0.2) is 42.0 Å². The molecule has 0 radical (unpaired) electrons. The molecule has 2 N–H and O–H groups in total. The number of nitrogens with two attached hydrogens (primary N) is 1. The molecule has 104 valence electrons. The quantitative estimate of drug-likeness (QED) is 0.597. The lowest BCUT2D eigenvalue weighted by atomic mass is 9.67. The monoisotopic (exact) mass is 255 g/mol. The second-order valence-corrected chi connectivity index (χ2v) is 6.23. The number of nitrogens with zero attached hydrogens (tertiary/aromatic N) is 2. The van der Waals surface area contributed by atoms with Crippen LogP contribution in [0, 0.1) is 27.9 Å². The minimum Gasteiger partial charge on any atom is -0.322 e. The summed E-state index contributed by atoms with van der Waals surface area (Å²) in [7, 11) is 2.14. The number of hydrogen-bond donors (Lipinski definition) is 1. The number of nitro groups is 1. The molecule has 0 amide bonds. The number of rotatable bonds is 2. The Morgan fingerprint density at radius 3 is 2.67 bits per heavy atom. The summed E-state index contributed by atoms with van der Waals surface area (Å²) >= 11 is 0. The van der Waals surface area contributed by atoms with Gasteiger partial charge in [0.25, 0.3) is 0 Å². The number of piperidine rings is 1. The average molecular weight is 255 g/mol. The first-order valence-electron chi connectivity index (χ1n) is 7.08. The largest absolute Gasteiger partial charge is 0.322 e. The Bertz CT molecular complexity index is 311. The zero-order valence-electron chi connectivity index (χ0n) is 11.4. The lowest BCUT2D eigenvalue weighted by molar-refractivity contribution is -0.532. The lowest BCUT2D eigenvalue weighted by Crippen LogP contribution is -2.55. The summed E-state index contributed by atoms with van der Waals surface area (Å²) in [5, 5.41) is 11.1. The van der Waals surface area contributed by atoms with Gasteiger partial charge in [-0.3, -0.25) is 10.1 Å². The van der Waals surface area contributed by atoms with Crippen molar-refractivity contribution in [1.29, 1.82) is 0 Å². The molecule has 5 atom stereocenters. The minimum atomic E-state index is -0.529. The van der Waals surface area contributed by atoms with Crippen molar-refractivity contribution in [3.8, 4) is 0 Å². The highest BCUT2D eigenvalue weighted by molar-refractivity contribution is 4.94. The Kier molecular flexibility index (Phi) is 4.22. The standard InChI is InChI=1S/C13H25N3O2/c1-9-5-6-11(16(17)18)13(14)12(9)10-4-3-7-15(2)8-10/h9-13H,3-8,14H2,1-2H3. The van der Waals surface area contributed by atoms with E-state index in [0.717, 1.165) is 19.5 Å². The fourth-order valence-corrected chi connectivity index (χ4v) is 4.00. The van der Waals surface area contributed by atoms with E-state index in [1.54, 1.807) is 0 Å². The highest BCUT2D eigenvalue weighted by Crippen LogP contribution is 2.38. The van der Waals surface area contributed by atoms with Gasteiger partial charge in [-0.2, -0.15) is 0 Å². The third-order valence-corrected chi connectivity index (χ3v) is 4.94. The summed E-state index contributed by atoms with van der Waals surface area (Å²) < 4.78 is 0. The van der Waals surface area contributed by atoms with Crippen molar-refractivity contribution in [2.45, 2.75) is 44.7 Å². The first-order valence-corrected chi connectivity index (χ1v) is 7.08. The zero-order chi connectivity index (χ0) is 13.3. The molecule has 2 rings (SSSR count). The molecule has 0 spiro atoms. The second-order valence-electron chi connectivity index (χ2n) is 6.23. The zero-order valence-corrected chi connectivity index (χ0v) is 11.4. The highest BCUT2D eigenvalue weighted by atomic mass is 16.6. The van der Waals surface area contributed by atoms with Gasteiger partial charge in [-0.25, -0.2) is 0 Å². The van der Waals surface area contributed by atoms with Gasteiger partial charge in [0.1, 0.15) is 0 Å². The Morgan fingerprint density at radius 2 is 2.06 bits per heavy atom. The molecule has 1 heterocycles. The third-order valence-electron chi connectivity index (χ3n) is 4.94. The topological polar surface area (TPSA) is 72.4 Å². The maximum absolute atomic E-state index is 11.1. The molecule has 0 aromatic rings. The molecule has 1 saturated carbocycles. The van der Waals surface area contributed by atoms with Crippen LogP contribution >= 0.6 is 0 Å². The van der Waals surface area contributed by atoms with Gasteiger partial charge in [0.15, 0.2) is 0 Å². The van der Waals surface area contributed by atoms with E-state index in [4.69, 9.17) is 5.73 Å². The van der Waals surface area contributed by atoms with Crippen LogP contribution in [0.4, 0.5) is 0 Å². The maximum Gasteiger partial charge on any atom is 0.228 e. The van der Waals surface area contributed by atoms with E-state index in [9.17, 15) is 10.1 Å². The van der Waals surface area contributed by atoms with Crippen LogP contribution in [0.25, 0.3) is 0 Å². The van der Waals surface area contributed by atoms with Gasteiger partial charge in [-0.05, 0) is 50.6 Å². The van der Waals surface area contributed by atoms with E-state index in [2.05, 4.69) is 18.9 Å². The van der Waals surface area contributed by atoms with Crippen molar-refractivity contribution >= 4 is 0 Å². The SMILES string of the molecule is CC1CCC([N+](=O)[O-])C(N)C1C1CCCN(C)C1. The van der Waals surface area contributed by atoms with E-state index >= 15 is 0 Å². The van der Waals surface area contributed by atoms with Crippen molar-refractivity contribution in [3.05, 3.63) is 10.1 Å². The fraction of sp³-hybridized carbons (Fsp3) is 1.00. The Morgan fingerprint density at radius 1 is 1.33 bits per heavy atom. The van der Waals surface area contributed by atoms with Crippen LogP contribution in [-0.2, 0) is 0 Å². The van der Waals surface area contributed by atoms with Gasteiger partial charge in [0.05, 0.1) is 6.04 Å². The molecule has 5 nitrogen and oxygen atoms in total. The molecule has 5 unspecified atom stereocenters. The summed E-state index contributed by atoms with van der Waals surface area (Å²) in [5.41, 5.74) is 6.23. The van der Waals surface area contributed by atoms with Gasteiger partial charge in [-0.1, -0.05) is 6.92 Å². The molecule has 2 aliphatic rings. The number of hydrogen-bond acceptors (Lipinski definition) is 4. The van der Waals surface area contributed by atoms with E-state index in [-0.39, 0.29) is 11.0 Å². The van der Waals surface area contributed by atoms with Crippen LogP contribution in [0.1, 0.15) is 32.6 Å². The molecular formula is C13H25N3O2.